The van der Waals surface area contributed by atoms with Crippen molar-refractivity contribution in [3.63, 3.8) is 0 Å². The number of carbonyl (C=O) groups is 2. The Morgan fingerprint density at radius 3 is 2.21 bits per heavy atom. The number of hydrogen-bond donors (Lipinski definition) is 2. The maximum Gasteiger partial charge on any atom is 0.329 e. The summed E-state index contributed by atoms with van der Waals surface area (Å²) < 4.78 is 0. The zero-order chi connectivity index (χ0) is 15.1. The van der Waals surface area contributed by atoms with E-state index in [0.29, 0.717) is 19.4 Å². The molecule has 6 heteroatoms. The highest BCUT2D eigenvalue weighted by atomic mass is 16.4. The first-order valence-electron chi connectivity index (χ1n) is 6.53. The predicted octanol–water partition coefficient (Wildman–Crippen LogP) is 1.96. The van der Waals surface area contributed by atoms with Gasteiger partial charge in [-0.3, -0.25) is 0 Å². The molecule has 6 nitrogen and oxygen atoms in total. The fraction of sp³-hybridized carbons (Fsp3) is 0.769. The van der Waals surface area contributed by atoms with E-state index in [2.05, 4.69) is 5.32 Å². The van der Waals surface area contributed by atoms with Crippen LogP contribution >= 0.6 is 0 Å². The van der Waals surface area contributed by atoms with Gasteiger partial charge in [0.05, 0.1) is 12.5 Å². The summed E-state index contributed by atoms with van der Waals surface area (Å²) in [7, 11) is 0. The summed E-state index contributed by atoms with van der Waals surface area (Å²) in [5, 5.41) is 20.5. The fourth-order valence-corrected chi connectivity index (χ4v) is 1.82. The van der Waals surface area contributed by atoms with Gasteiger partial charge in [-0.1, -0.05) is 13.8 Å². The molecule has 0 bridgehead atoms. The van der Waals surface area contributed by atoms with Crippen LogP contribution in [-0.2, 0) is 4.79 Å². The summed E-state index contributed by atoms with van der Waals surface area (Å²) in [5.41, 5.74) is -1.24. The van der Waals surface area contributed by atoms with Gasteiger partial charge in [0, 0.05) is 12.6 Å². The molecule has 0 saturated carbocycles. The minimum atomic E-state index is -1.24. The number of nitriles is 1. The number of aliphatic carboxylic acids is 1. The van der Waals surface area contributed by atoms with Crippen molar-refractivity contribution in [2.45, 2.75) is 58.5 Å². The second kappa shape index (κ2) is 7.62. The maximum absolute atomic E-state index is 12.2. The molecule has 0 aromatic heterocycles. The average molecular weight is 269 g/mol. The Bertz CT molecular complexity index is 357. The number of nitrogens with zero attached hydrogens (tertiary/aromatic N) is 2. The van der Waals surface area contributed by atoms with E-state index in [1.54, 1.807) is 13.8 Å². The summed E-state index contributed by atoms with van der Waals surface area (Å²) in [6, 6.07) is 1.46. The predicted molar refractivity (Wildman–Crippen MR) is 71.6 cm³/mol. The quantitative estimate of drug-likeness (QED) is 0.738. The molecule has 2 amide bonds. The Morgan fingerprint density at radius 1 is 1.37 bits per heavy atom. The first-order valence-corrected chi connectivity index (χ1v) is 6.53. The van der Waals surface area contributed by atoms with Crippen molar-refractivity contribution in [1.82, 2.24) is 10.2 Å². The smallest absolute Gasteiger partial charge is 0.329 e. The third kappa shape index (κ3) is 4.43. The summed E-state index contributed by atoms with van der Waals surface area (Å²) in [6.07, 6.45) is 0.855. The van der Waals surface area contributed by atoms with Crippen molar-refractivity contribution < 1.29 is 14.7 Å². The second-order valence-electron chi connectivity index (χ2n) is 4.72. The molecule has 0 aliphatic rings. The maximum atomic E-state index is 12.2. The molecule has 0 aromatic carbocycles. The molecule has 108 valence electrons. The van der Waals surface area contributed by atoms with Crippen molar-refractivity contribution in [3.05, 3.63) is 0 Å². The zero-order valence-electron chi connectivity index (χ0n) is 12.1. The average Bonchev–Trinajstić information content (AvgIpc) is 2.35. The van der Waals surface area contributed by atoms with Gasteiger partial charge in [0.15, 0.2) is 0 Å². The molecule has 0 atom stereocenters. The number of hydrogen-bond acceptors (Lipinski definition) is 3. The second-order valence-corrected chi connectivity index (χ2v) is 4.72. The molecule has 0 rings (SSSR count). The summed E-state index contributed by atoms with van der Waals surface area (Å²) in [6.45, 7) is 7.41. The van der Waals surface area contributed by atoms with Gasteiger partial charge in [-0.25, -0.2) is 9.59 Å². The fourth-order valence-electron chi connectivity index (χ4n) is 1.82. The van der Waals surface area contributed by atoms with Crippen LogP contribution in [0.1, 0.15) is 47.0 Å². The molecule has 2 N–H and O–H groups in total. The van der Waals surface area contributed by atoms with Crippen LogP contribution in [0, 0.1) is 11.3 Å². The largest absolute Gasteiger partial charge is 0.480 e. The Balaban J connectivity index is 4.96. The van der Waals surface area contributed by atoms with Crippen LogP contribution in [0.4, 0.5) is 4.79 Å². The molecule has 0 aliphatic heterocycles. The van der Waals surface area contributed by atoms with Gasteiger partial charge in [-0.05, 0) is 26.7 Å². The van der Waals surface area contributed by atoms with E-state index in [1.165, 1.54) is 4.90 Å². The van der Waals surface area contributed by atoms with E-state index in [-0.39, 0.29) is 12.5 Å². The Morgan fingerprint density at radius 2 is 1.89 bits per heavy atom. The Labute approximate surface area is 114 Å². The third-order valence-electron chi connectivity index (χ3n) is 3.31. The first-order chi connectivity index (χ1) is 8.84. The molecular formula is C13H23N3O3. The van der Waals surface area contributed by atoms with E-state index < -0.39 is 17.5 Å². The lowest BCUT2D eigenvalue weighted by atomic mass is 9.93. The van der Waals surface area contributed by atoms with Crippen LogP contribution in [0.25, 0.3) is 0 Å². The van der Waals surface area contributed by atoms with Crippen molar-refractivity contribution in [1.29, 1.82) is 5.26 Å². The minimum absolute atomic E-state index is 0.0893. The number of rotatable bonds is 7. The Hall–Kier alpha value is -1.77. The van der Waals surface area contributed by atoms with Gasteiger partial charge in [0.2, 0.25) is 0 Å². The van der Waals surface area contributed by atoms with Crippen molar-refractivity contribution in [3.8, 4) is 6.07 Å². The van der Waals surface area contributed by atoms with E-state index in [0.717, 1.165) is 0 Å². The number of carbonyl (C=O) groups excluding carboxylic acids is 1. The van der Waals surface area contributed by atoms with E-state index in [1.807, 2.05) is 19.9 Å². The molecule has 0 radical (unpaired) electrons. The molecule has 0 unspecified atom stereocenters. The molecule has 0 aromatic rings. The summed E-state index contributed by atoms with van der Waals surface area (Å²) in [4.78, 5) is 25.0. The number of carboxylic acids is 1. The van der Waals surface area contributed by atoms with Crippen LogP contribution in [0.15, 0.2) is 0 Å². The van der Waals surface area contributed by atoms with Crippen LogP contribution in [-0.4, -0.2) is 40.1 Å². The normalized spacial score (nSPS) is 10.9. The lowest BCUT2D eigenvalue weighted by Gasteiger charge is -2.33. The molecule has 0 saturated heterocycles. The van der Waals surface area contributed by atoms with E-state index in [4.69, 9.17) is 5.26 Å². The number of urea groups is 1. The van der Waals surface area contributed by atoms with Crippen molar-refractivity contribution in [2.24, 2.45) is 0 Å². The lowest BCUT2D eigenvalue weighted by molar-refractivity contribution is -0.144. The number of amides is 2. The van der Waals surface area contributed by atoms with Gasteiger partial charge in [0.25, 0.3) is 0 Å². The SMILES string of the molecule is CCC(CC)(NC(=O)N(CCC#N)C(C)C)C(=O)O. The lowest BCUT2D eigenvalue weighted by Crippen LogP contribution is -2.58. The monoisotopic (exact) mass is 269 g/mol. The third-order valence-corrected chi connectivity index (χ3v) is 3.31. The van der Waals surface area contributed by atoms with Crippen LogP contribution in [0.2, 0.25) is 0 Å². The van der Waals surface area contributed by atoms with E-state index >= 15 is 0 Å². The topological polar surface area (TPSA) is 93.4 Å². The molecule has 0 spiro atoms. The highest BCUT2D eigenvalue weighted by Crippen LogP contribution is 2.16. The van der Waals surface area contributed by atoms with Crippen molar-refractivity contribution >= 4 is 12.0 Å². The summed E-state index contributed by atoms with van der Waals surface area (Å²) >= 11 is 0. The standard InChI is InChI=1S/C13H23N3O3/c1-5-13(6-2,11(17)18)15-12(19)16(10(3)4)9-7-8-14/h10H,5-7,9H2,1-4H3,(H,15,19)(H,17,18). The molecule has 0 aliphatic carbocycles. The van der Waals surface area contributed by atoms with Crippen LogP contribution < -0.4 is 5.32 Å². The molecule has 19 heavy (non-hydrogen) atoms. The van der Waals surface area contributed by atoms with Gasteiger partial charge in [0.1, 0.15) is 5.54 Å². The molecule has 0 heterocycles. The highest BCUT2D eigenvalue weighted by Gasteiger charge is 2.37. The molecule has 0 fully saturated rings. The van der Waals surface area contributed by atoms with Gasteiger partial charge in [-0.15, -0.1) is 0 Å². The number of nitrogens with one attached hydrogen (secondary N) is 1. The highest BCUT2D eigenvalue weighted by molar-refractivity contribution is 5.86. The van der Waals surface area contributed by atoms with Gasteiger partial charge >= 0.3 is 12.0 Å². The van der Waals surface area contributed by atoms with Crippen molar-refractivity contribution in [2.75, 3.05) is 6.54 Å². The van der Waals surface area contributed by atoms with Gasteiger partial charge in [-0.2, -0.15) is 5.26 Å². The Kier molecular flexibility index (Phi) is 6.91. The first kappa shape index (κ1) is 17.2. The number of carboxylic acid groups (broad SMARTS) is 1. The zero-order valence-corrected chi connectivity index (χ0v) is 12.1. The van der Waals surface area contributed by atoms with Crippen LogP contribution in [0.3, 0.4) is 0 Å². The van der Waals surface area contributed by atoms with E-state index in [9.17, 15) is 14.7 Å². The van der Waals surface area contributed by atoms with Gasteiger partial charge < -0.3 is 15.3 Å². The summed E-state index contributed by atoms with van der Waals surface area (Å²) in [5.74, 6) is -1.03. The molecular weight excluding hydrogens is 246 g/mol. The minimum Gasteiger partial charge on any atom is -0.480 e. The van der Waals surface area contributed by atoms with Crippen LogP contribution in [0.5, 0.6) is 0 Å².